The molecule has 0 aromatic carbocycles. The molecule has 0 atom stereocenters. The molecule has 1 heterocycles. The highest BCUT2D eigenvalue weighted by Gasteiger charge is 2.04. The van der Waals surface area contributed by atoms with E-state index in [0.29, 0.717) is 12.2 Å². The van der Waals surface area contributed by atoms with Crippen LogP contribution in [0.3, 0.4) is 0 Å². The van der Waals surface area contributed by atoms with Gasteiger partial charge in [0.1, 0.15) is 17.5 Å². The highest BCUT2D eigenvalue weighted by Crippen LogP contribution is 2.11. The van der Waals surface area contributed by atoms with E-state index in [1.54, 1.807) is 6.07 Å². The molecule has 4 nitrogen and oxygen atoms in total. The van der Waals surface area contributed by atoms with Gasteiger partial charge in [0.05, 0.1) is 0 Å². The van der Waals surface area contributed by atoms with Gasteiger partial charge < -0.3 is 4.74 Å². The summed E-state index contributed by atoms with van der Waals surface area (Å²) in [6.07, 6.45) is 3.62. The molecule has 0 unspecified atom stereocenters. The summed E-state index contributed by atoms with van der Waals surface area (Å²) in [6.45, 7) is 2.01. The highest BCUT2D eigenvalue weighted by molar-refractivity contribution is 5.72. The van der Waals surface area contributed by atoms with Crippen molar-refractivity contribution in [3.8, 4) is 11.8 Å². The third kappa shape index (κ3) is 3.77. The molecule has 0 bridgehead atoms. The highest BCUT2D eigenvalue weighted by atomic mass is 16.5. The predicted molar refractivity (Wildman–Crippen MR) is 54.1 cm³/mol. The molecule has 0 radical (unpaired) electrons. The van der Waals surface area contributed by atoms with E-state index in [9.17, 15) is 4.79 Å². The zero-order valence-electron chi connectivity index (χ0n) is 8.56. The number of carbonyl (C=O) groups excluding carboxylic acids is 1. The molecular weight excluding hydrogens is 192 g/mol. The van der Waals surface area contributed by atoms with Gasteiger partial charge in [-0.2, -0.15) is 5.26 Å². The first-order valence-corrected chi connectivity index (χ1v) is 4.83. The lowest BCUT2D eigenvalue weighted by Crippen LogP contribution is -2.07. The average Bonchev–Trinajstić information content (AvgIpc) is 2.26. The van der Waals surface area contributed by atoms with Crippen molar-refractivity contribution in [2.24, 2.45) is 0 Å². The van der Waals surface area contributed by atoms with Crippen LogP contribution in [0.25, 0.3) is 0 Å². The second-order valence-electron chi connectivity index (χ2n) is 3.07. The molecule has 0 saturated carbocycles. The first-order valence-electron chi connectivity index (χ1n) is 4.83. The lowest BCUT2D eigenvalue weighted by molar-refractivity contribution is -0.134. The Morgan fingerprint density at radius 1 is 1.67 bits per heavy atom. The minimum atomic E-state index is -0.271. The number of ether oxygens (including phenoxy) is 1. The van der Waals surface area contributed by atoms with Crippen molar-refractivity contribution >= 4 is 5.97 Å². The lowest BCUT2D eigenvalue weighted by atomic mass is 10.2. The summed E-state index contributed by atoms with van der Waals surface area (Å²) >= 11 is 0. The second-order valence-corrected chi connectivity index (χ2v) is 3.07. The van der Waals surface area contributed by atoms with Gasteiger partial charge >= 0.3 is 5.97 Å². The molecule has 4 heteroatoms. The Morgan fingerprint density at radius 2 is 2.47 bits per heavy atom. The van der Waals surface area contributed by atoms with Crippen molar-refractivity contribution in [2.75, 3.05) is 0 Å². The summed E-state index contributed by atoms with van der Waals surface area (Å²) in [5.41, 5.74) is 0.246. The normalized spacial score (nSPS) is 9.33. The number of hydrogen-bond donors (Lipinski definition) is 0. The van der Waals surface area contributed by atoms with Gasteiger partial charge in [-0.1, -0.05) is 13.3 Å². The van der Waals surface area contributed by atoms with E-state index in [1.807, 2.05) is 13.0 Å². The fraction of sp³-hybridized carbons (Fsp3) is 0.364. The van der Waals surface area contributed by atoms with Gasteiger partial charge in [0.25, 0.3) is 0 Å². The van der Waals surface area contributed by atoms with Crippen LogP contribution in [-0.2, 0) is 4.79 Å². The van der Waals surface area contributed by atoms with Crippen molar-refractivity contribution in [1.82, 2.24) is 4.98 Å². The van der Waals surface area contributed by atoms with Crippen LogP contribution in [0, 0.1) is 11.3 Å². The maximum Gasteiger partial charge on any atom is 0.311 e. The fourth-order valence-corrected chi connectivity index (χ4v) is 1.04. The summed E-state index contributed by atoms with van der Waals surface area (Å²) < 4.78 is 5.03. The molecule has 0 fully saturated rings. The number of unbranched alkanes of at least 4 members (excludes halogenated alkanes) is 1. The van der Waals surface area contributed by atoms with Crippen molar-refractivity contribution in [3.63, 3.8) is 0 Å². The number of rotatable bonds is 4. The summed E-state index contributed by atoms with van der Waals surface area (Å²) in [7, 11) is 0. The van der Waals surface area contributed by atoms with E-state index in [1.165, 1.54) is 12.3 Å². The Bertz CT molecular complexity index is 382. The number of nitrogens with zero attached hydrogens (tertiary/aromatic N) is 2. The SMILES string of the molecule is CCCCC(=O)Oc1ccnc(C#N)c1. The molecule has 0 saturated heterocycles. The van der Waals surface area contributed by atoms with Gasteiger partial charge in [0, 0.05) is 18.7 Å². The van der Waals surface area contributed by atoms with Crippen LogP contribution in [0.5, 0.6) is 5.75 Å². The van der Waals surface area contributed by atoms with Gasteiger partial charge in [-0.15, -0.1) is 0 Å². The predicted octanol–water partition coefficient (Wildman–Crippen LogP) is 2.05. The van der Waals surface area contributed by atoms with Crippen molar-refractivity contribution < 1.29 is 9.53 Å². The summed E-state index contributed by atoms with van der Waals surface area (Å²) in [6, 6.07) is 4.89. The second kappa shape index (κ2) is 5.76. The Hall–Kier alpha value is -1.89. The molecule has 1 aromatic rings. The van der Waals surface area contributed by atoms with Crippen LogP contribution in [0.15, 0.2) is 18.3 Å². The summed E-state index contributed by atoms with van der Waals surface area (Å²) in [5, 5.41) is 8.58. The van der Waals surface area contributed by atoms with Gasteiger partial charge in [-0.05, 0) is 12.5 Å². The van der Waals surface area contributed by atoms with E-state index < -0.39 is 0 Å². The zero-order chi connectivity index (χ0) is 11.1. The largest absolute Gasteiger partial charge is 0.426 e. The summed E-state index contributed by atoms with van der Waals surface area (Å²) in [4.78, 5) is 15.0. The van der Waals surface area contributed by atoms with E-state index in [-0.39, 0.29) is 11.7 Å². The van der Waals surface area contributed by atoms with Gasteiger partial charge in [0.15, 0.2) is 0 Å². The molecule has 0 aliphatic rings. The molecule has 0 aliphatic heterocycles. The minimum Gasteiger partial charge on any atom is -0.426 e. The van der Waals surface area contributed by atoms with Crippen LogP contribution >= 0.6 is 0 Å². The number of aromatic nitrogens is 1. The van der Waals surface area contributed by atoms with Crippen LogP contribution in [0.1, 0.15) is 31.9 Å². The number of carbonyl (C=O) groups is 1. The third-order valence-corrected chi connectivity index (χ3v) is 1.81. The van der Waals surface area contributed by atoms with Gasteiger partial charge in [-0.3, -0.25) is 4.79 Å². The number of esters is 1. The molecule has 0 spiro atoms. The average molecular weight is 204 g/mol. The molecule has 0 amide bonds. The number of nitriles is 1. The van der Waals surface area contributed by atoms with Crippen molar-refractivity contribution in [3.05, 3.63) is 24.0 Å². The van der Waals surface area contributed by atoms with Crippen LogP contribution in [0.2, 0.25) is 0 Å². The van der Waals surface area contributed by atoms with Crippen LogP contribution in [0.4, 0.5) is 0 Å². The fourth-order valence-electron chi connectivity index (χ4n) is 1.04. The van der Waals surface area contributed by atoms with E-state index in [4.69, 9.17) is 10.00 Å². The standard InChI is InChI=1S/C11H12N2O2/c1-2-3-4-11(14)15-10-5-6-13-9(7-10)8-12/h5-7H,2-4H2,1H3. The molecular formula is C11H12N2O2. The lowest BCUT2D eigenvalue weighted by Gasteiger charge is -2.02. The first kappa shape index (κ1) is 11.2. The van der Waals surface area contributed by atoms with E-state index in [0.717, 1.165) is 12.8 Å². The molecule has 0 aliphatic carbocycles. The number of pyridine rings is 1. The van der Waals surface area contributed by atoms with E-state index >= 15 is 0 Å². The van der Waals surface area contributed by atoms with E-state index in [2.05, 4.69) is 4.98 Å². The molecule has 1 aromatic heterocycles. The zero-order valence-corrected chi connectivity index (χ0v) is 8.56. The van der Waals surface area contributed by atoms with Crippen LogP contribution in [-0.4, -0.2) is 11.0 Å². The number of hydrogen-bond acceptors (Lipinski definition) is 4. The Kier molecular flexibility index (Phi) is 4.30. The Labute approximate surface area is 88.5 Å². The smallest absolute Gasteiger partial charge is 0.311 e. The van der Waals surface area contributed by atoms with Gasteiger partial charge in [-0.25, -0.2) is 4.98 Å². The molecule has 15 heavy (non-hydrogen) atoms. The minimum absolute atomic E-state index is 0.246. The maximum absolute atomic E-state index is 11.2. The molecule has 0 N–H and O–H groups in total. The third-order valence-electron chi connectivity index (χ3n) is 1.81. The molecule has 1 rings (SSSR count). The van der Waals surface area contributed by atoms with Crippen molar-refractivity contribution in [2.45, 2.75) is 26.2 Å². The van der Waals surface area contributed by atoms with Gasteiger partial charge in [0.2, 0.25) is 0 Å². The van der Waals surface area contributed by atoms with Crippen LogP contribution < -0.4 is 4.74 Å². The Morgan fingerprint density at radius 3 is 3.13 bits per heavy atom. The monoisotopic (exact) mass is 204 g/mol. The topological polar surface area (TPSA) is 63.0 Å². The Balaban J connectivity index is 2.57. The summed E-state index contributed by atoms with van der Waals surface area (Å²) in [5.74, 6) is 0.106. The quantitative estimate of drug-likeness (QED) is 0.704. The first-order chi connectivity index (χ1) is 7.26. The molecule has 78 valence electrons. The van der Waals surface area contributed by atoms with Crippen molar-refractivity contribution in [1.29, 1.82) is 5.26 Å². The maximum atomic E-state index is 11.2.